The average molecular weight is 463 g/mol. The fourth-order valence-electron chi connectivity index (χ4n) is 4.26. The number of hydrogen-bond acceptors (Lipinski definition) is 6. The van der Waals surface area contributed by atoms with E-state index in [0.29, 0.717) is 22.8 Å². The molecule has 0 bridgehead atoms. The number of nitrogens with two attached hydrogens (primary N) is 1. The van der Waals surface area contributed by atoms with E-state index < -0.39 is 5.91 Å². The lowest BCUT2D eigenvalue weighted by Crippen LogP contribution is -2.26. The van der Waals surface area contributed by atoms with Crippen LogP contribution >= 0.6 is 11.6 Å². The second-order valence-electron chi connectivity index (χ2n) is 8.19. The van der Waals surface area contributed by atoms with Gasteiger partial charge in [0.25, 0.3) is 0 Å². The minimum Gasteiger partial charge on any atom is -0.366 e. The lowest BCUT2D eigenvalue weighted by Gasteiger charge is -2.23. The molecule has 9 heteroatoms. The van der Waals surface area contributed by atoms with Gasteiger partial charge >= 0.3 is 0 Å². The third kappa shape index (κ3) is 4.21. The molecule has 0 saturated carbocycles. The highest BCUT2D eigenvalue weighted by atomic mass is 35.5. The summed E-state index contributed by atoms with van der Waals surface area (Å²) in [6.07, 6.45) is 2.59. The van der Waals surface area contributed by atoms with Gasteiger partial charge in [0.15, 0.2) is 5.76 Å². The van der Waals surface area contributed by atoms with Gasteiger partial charge in [-0.1, -0.05) is 41.0 Å². The van der Waals surface area contributed by atoms with Crippen molar-refractivity contribution in [1.29, 1.82) is 0 Å². The summed E-state index contributed by atoms with van der Waals surface area (Å²) in [5, 5.41) is 13.9. The Morgan fingerprint density at radius 3 is 2.76 bits per heavy atom. The predicted molar refractivity (Wildman–Crippen MR) is 125 cm³/mol. The van der Waals surface area contributed by atoms with Gasteiger partial charge < -0.3 is 19.7 Å². The van der Waals surface area contributed by atoms with Crippen molar-refractivity contribution >= 4 is 23.5 Å². The Kier molecular flexibility index (Phi) is 5.60. The number of anilines is 1. The van der Waals surface area contributed by atoms with Crippen LogP contribution in [0, 0.1) is 0 Å². The Labute approximate surface area is 196 Å². The van der Waals surface area contributed by atoms with Crippen molar-refractivity contribution in [3.63, 3.8) is 0 Å². The monoisotopic (exact) mass is 462 g/mol. The summed E-state index contributed by atoms with van der Waals surface area (Å²) in [5.41, 5.74) is 8.61. The van der Waals surface area contributed by atoms with Gasteiger partial charge in [-0.25, -0.2) is 0 Å². The standard InChI is InChI=1S/C24H23ClN6O2/c1-30-22(12-15-7-9-16(10-8-15)23(26)32)27-28-24(30)31-11-3-6-20(31)19-14-21(33-29-19)17-4-2-5-18(25)13-17/h2,4-5,7-10,13-14,20H,3,6,11-12H2,1H3,(H2,26,32). The molecular formula is C24H23ClN6O2. The smallest absolute Gasteiger partial charge is 0.248 e. The summed E-state index contributed by atoms with van der Waals surface area (Å²) >= 11 is 6.12. The molecule has 0 radical (unpaired) electrons. The Balaban J connectivity index is 1.36. The Bertz CT molecular complexity index is 1300. The number of benzene rings is 2. The Hall–Kier alpha value is -3.65. The summed E-state index contributed by atoms with van der Waals surface area (Å²) in [4.78, 5) is 13.5. The van der Waals surface area contributed by atoms with Gasteiger partial charge in [-0.15, -0.1) is 10.2 Å². The van der Waals surface area contributed by atoms with E-state index in [0.717, 1.165) is 48.0 Å². The molecule has 0 spiro atoms. The van der Waals surface area contributed by atoms with Crippen LogP contribution in [0.15, 0.2) is 59.1 Å². The molecule has 3 heterocycles. The van der Waals surface area contributed by atoms with Gasteiger partial charge in [-0.3, -0.25) is 4.79 Å². The van der Waals surface area contributed by atoms with Crippen LogP contribution in [0.3, 0.4) is 0 Å². The second kappa shape index (κ2) is 8.71. The first-order valence-electron chi connectivity index (χ1n) is 10.8. The van der Waals surface area contributed by atoms with Gasteiger partial charge in [-0.2, -0.15) is 0 Å². The largest absolute Gasteiger partial charge is 0.366 e. The number of primary amides is 1. The molecule has 1 aliphatic rings. The molecule has 1 unspecified atom stereocenters. The Morgan fingerprint density at radius 2 is 2.00 bits per heavy atom. The molecule has 5 rings (SSSR count). The quantitative estimate of drug-likeness (QED) is 0.461. The normalized spacial score (nSPS) is 15.8. The van der Waals surface area contributed by atoms with Crippen LogP contribution in [0.4, 0.5) is 5.95 Å². The summed E-state index contributed by atoms with van der Waals surface area (Å²) in [6.45, 7) is 0.864. The van der Waals surface area contributed by atoms with Crippen molar-refractivity contribution in [3.05, 3.63) is 82.3 Å². The van der Waals surface area contributed by atoms with E-state index in [1.54, 1.807) is 12.1 Å². The van der Waals surface area contributed by atoms with Crippen LogP contribution in [0.25, 0.3) is 11.3 Å². The molecule has 33 heavy (non-hydrogen) atoms. The van der Waals surface area contributed by atoms with Crippen LogP contribution in [0.5, 0.6) is 0 Å². The topological polar surface area (TPSA) is 103 Å². The van der Waals surface area contributed by atoms with Crippen LogP contribution < -0.4 is 10.6 Å². The number of aromatic nitrogens is 4. The molecule has 168 valence electrons. The van der Waals surface area contributed by atoms with Crippen LogP contribution in [0.2, 0.25) is 5.02 Å². The maximum atomic E-state index is 11.3. The SMILES string of the molecule is Cn1c(Cc2ccc(C(N)=O)cc2)nnc1N1CCCC1c1cc(-c2cccc(Cl)c2)on1. The summed E-state index contributed by atoms with van der Waals surface area (Å²) in [5.74, 6) is 1.89. The van der Waals surface area contributed by atoms with Crippen molar-refractivity contribution in [2.24, 2.45) is 12.8 Å². The molecule has 2 N–H and O–H groups in total. The molecule has 0 aliphatic carbocycles. The number of halogens is 1. The van der Waals surface area contributed by atoms with Crippen LogP contribution in [0.1, 0.15) is 46.3 Å². The van der Waals surface area contributed by atoms with Crippen molar-refractivity contribution in [2.45, 2.75) is 25.3 Å². The van der Waals surface area contributed by atoms with Gasteiger partial charge in [0, 0.05) is 42.2 Å². The number of hydrogen-bond donors (Lipinski definition) is 1. The summed E-state index contributed by atoms with van der Waals surface area (Å²) in [7, 11) is 1.97. The van der Waals surface area contributed by atoms with E-state index in [-0.39, 0.29) is 6.04 Å². The minimum atomic E-state index is -0.436. The fraction of sp³-hybridized carbons (Fsp3) is 0.250. The first kappa shape index (κ1) is 21.2. The highest BCUT2D eigenvalue weighted by molar-refractivity contribution is 6.30. The second-order valence-corrected chi connectivity index (χ2v) is 8.63. The van der Waals surface area contributed by atoms with Crippen molar-refractivity contribution in [1.82, 2.24) is 19.9 Å². The number of rotatable bonds is 6. The molecule has 2 aromatic heterocycles. The zero-order chi connectivity index (χ0) is 22.9. The van der Waals surface area contributed by atoms with Gasteiger partial charge in [0.1, 0.15) is 11.5 Å². The molecule has 1 amide bonds. The number of carbonyl (C=O) groups is 1. The lowest BCUT2D eigenvalue weighted by atomic mass is 10.1. The van der Waals surface area contributed by atoms with Crippen LogP contribution in [-0.2, 0) is 13.5 Å². The molecule has 4 aromatic rings. The molecular weight excluding hydrogens is 440 g/mol. The minimum absolute atomic E-state index is 0.0623. The van der Waals surface area contributed by atoms with E-state index >= 15 is 0 Å². The van der Waals surface area contributed by atoms with Crippen LogP contribution in [-0.4, -0.2) is 32.4 Å². The molecule has 1 saturated heterocycles. The third-order valence-electron chi connectivity index (χ3n) is 6.03. The summed E-state index contributed by atoms with van der Waals surface area (Å²) in [6, 6.07) is 16.8. The van der Waals surface area contributed by atoms with Gasteiger partial charge in [0.2, 0.25) is 11.9 Å². The zero-order valence-corrected chi connectivity index (χ0v) is 18.9. The number of nitrogens with zero attached hydrogens (tertiary/aromatic N) is 5. The third-order valence-corrected chi connectivity index (χ3v) is 6.27. The average Bonchev–Trinajstić information content (AvgIpc) is 3.54. The van der Waals surface area contributed by atoms with Gasteiger partial charge in [-0.05, 0) is 42.7 Å². The highest BCUT2D eigenvalue weighted by Gasteiger charge is 2.32. The maximum absolute atomic E-state index is 11.3. The molecule has 8 nitrogen and oxygen atoms in total. The number of carbonyl (C=O) groups excluding carboxylic acids is 1. The predicted octanol–water partition coefficient (Wildman–Crippen LogP) is 4.15. The first-order valence-corrected chi connectivity index (χ1v) is 11.1. The van der Waals surface area contributed by atoms with Gasteiger partial charge in [0.05, 0.1) is 6.04 Å². The van der Waals surface area contributed by atoms with Crippen molar-refractivity contribution in [3.8, 4) is 11.3 Å². The molecule has 2 aromatic carbocycles. The first-order chi connectivity index (χ1) is 16.0. The fourth-order valence-corrected chi connectivity index (χ4v) is 4.45. The highest BCUT2D eigenvalue weighted by Crippen LogP contribution is 2.36. The van der Waals surface area contributed by atoms with E-state index in [1.165, 1.54) is 0 Å². The van der Waals surface area contributed by atoms with E-state index in [9.17, 15) is 4.79 Å². The van der Waals surface area contributed by atoms with Crippen molar-refractivity contribution < 1.29 is 9.32 Å². The van der Waals surface area contributed by atoms with E-state index in [2.05, 4.69) is 20.3 Å². The maximum Gasteiger partial charge on any atom is 0.248 e. The molecule has 1 aliphatic heterocycles. The Morgan fingerprint density at radius 1 is 1.18 bits per heavy atom. The van der Waals surface area contributed by atoms with Crippen molar-refractivity contribution in [2.75, 3.05) is 11.4 Å². The number of amides is 1. The summed E-state index contributed by atoms with van der Waals surface area (Å²) < 4.78 is 7.64. The van der Waals surface area contributed by atoms with E-state index in [4.69, 9.17) is 21.9 Å². The zero-order valence-electron chi connectivity index (χ0n) is 18.1. The lowest BCUT2D eigenvalue weighted by molar-refractivity contribution is 0.100. The van der Waals surface area contributed by atoms with E-state index in [1.807, 2.05) is 54.1 Å². The molecule has 1 fully saturated rings. The molecule has 1 atom stereocenters.